The molecule has 0 aliphatic rings. The first-order chi connectivity index (χ1) is 8.18. The van der Waals surface area contributed by atoms with Gasteiger partial charge >= 0.3 is 0 Å². The number of aryl methyl sites for hydroxylation is 1. The van der Waals surface area contributed by atoms with Crippen molar-refractivity contribution in [1.29, 1.82) is 0 Å². The molecule has 0 unspecified atom stereocenters. The van der Waals surface area contributed by atoms with Gasteiger partial charge in [0.2, 0.25) is 0 Å². The highest BCUT2D eigenvalue weighted by molar-refractivity contribution is 9.10. The van der Waals surface area contributed by atoms with E-state index < -0.39 is 0 Å². The third-order valence-electron chi connectivity index (χ3n) is 2.88. The summed E-state index contributed by atoms with van der Waals surface area (Å²) in [5.41, 5.74) is 2.46. The van der Waals surface area contributed by atoms with Gasteiger partial charge in [0.05, 0.1) is 5.69 Å². The first-order valence-electron chi connectivity index (χ1n) is 5.63. The Bertz CT molecular complexity index is 493. The predicted molar refractivity (Wildman–Crippen MR) is 72.6 cm³/mol. The van der Waals surface area contributed by atoms with Gasteiger partial charge < -0.3 is 5.32 Å². The molecule has 0 fully saturated rings. The Kier molecular flexibility index (Phi) is 3.97. The van der Waals surface area contributed by atoms with Crippen molar-refractivity contribution >= 4 is 15.9 Å². The molecule has 0 amide bonds. The summed E-state index contributed by atoms with van der Waals surface area (Å²) in [6.07, 6.45) is 1.82. The molecule has 0 spiro atoms. The van der Waals surface area contributed by atoms with Gasteiger partial charge in [-0.25, -0.2) is 0 Å². The van der Waals surface area contributed by atoms with Crippen LogP contribution >= 0.6 is 15.9 Å². The van der Waals surface area contributed by atoms with Gasteiger partial charge in [0.1, 0.15) is 0 Å². The van der Waals surface area contributed by atoms with E-state index in [0.717, 1.165) is 11.0 Å². The second kappa shape index (κ2) is 5.47. The van der Waals surface area contributed by atoms with Crippen LogP contribution in [0.15, 0.2) is 41.0 Å². The minimum Gasteiger partial charge on any atom is -0.305 e. The van der Waals surface area contributed by atoms with E-state index in [0.29, 0.717) is 6.04 Å². The molecule has 1 heterocycles. The number of rotatable bonds is 4. The zero-order valence-electron chi connectivity index (χ0n) is 10.0. The van der Waals surface area contributed by atoms with Crippen molar-refractivity contribution in [2.75, 3.05) is 0 Å². The van der Waals surface area contributed by atoms with Crippen molar-refractivity contribution < 1.29 is 0 Å². The molecule has 1 N–H and O–H groups in total. The Morgan fingerprint density at radius 2 is 2.12 bits per heavy atom. The molecule has 2 aromatic rings. The summed E-state index contributed by atoms with van der Waals surface area (Å²) in [7, 11) is 1.96. The molecule has 0 aliphatic heterocycles. The minimum atomic E-state index is 0.306. The highest BCUT2D eigenvalue weighted by Gasteiger charge is 2.08. The van der Waals surface area contributed by atoms with E-state index in [1.54, 1.807) is 0 Å². The molecule has 0 saturated heterocycles. The fourth-order valence-electron chi connectivity index (χ4n) is 1.77. The van der Waals surface area contributed by atoms with Crippen LogP contribution in [0.1, 0.15) is 24.2 Å². The van der Waals surface area contributed by atoms with Gasteiger partial charge in [-0.15, -0.1) is 0 Å². The zero-order valence-corrected chi connectivity index (χ0v) is 11.6. The number of hydrogen-bond acceptors (Lipinski definition) is 2. The van der Waals surface area contributed by atoms with Crippen molar-refractivity contribution in [2.24, 2.45) is 7.05 Å². The highest BCUT2D eigenvalue weighted by atomic mass is 79.9. The van der Waals surface area contributed by atoms with Crippen LogP contribution in [0.25, 0.3) is 0 Å². The Hall–Kier alpha value is -1.13. The van der Waals surface area contributed by atoms with Crippen LogP contribution in [0.4, 0.5) is 0 Å². The van der Waals surface area contributed by atoms with E-state index >= 15 is 0 Å². The molecule has 1 aromatic carbocycles. The topological polar surface area (TPSA) is 29.9 Å². The number of benzene rings is 1. The molecule has 4 heteroatoms. The first-order valence-corrected chi connectivity index (χ1v) is 6.42. The second-order valence-corrected chi connectivity index (χ2v) is 4.92. The van der Waals surface area contributed by atoms with E-state index in [9.17, 15) is 0 Å². The summed E-state index contributed by atoms with van der Waals surface area (Å²) in [4.78, 5) is 0. The van der Waals surface area contributed by atoms with E-state index in [1.807, 2.05) is 30.1 Å². The molecule has 1 aromatic heterocycles. The van der Waals surface area contributed by atoms with Crippen LogP contribution in [0.3, 0.4) is 0 Å². The number of nitrogens with one attached hydrogen (secondary N) is 1. The predicted octanol–water partition coefficient (Wildman–Crippen LogP) is 3.03. The van der Waals surface area contributed by atoms with Crippen molar-refractivity contribution in [3.05, 3.63) is 52.3 Å². The molecule has 2 rings (SSSR count). The summed E-state index contributed by atoms with van der Waals surface area (Å²) in [6, 6.07) is 10.6. The van der Waals surface area contributed by atoms with Crippen molar-refractivity contribution in [3.63, 3.8) is 0 Å². The number of nitrogens with zero attached hydrogens (tertiary/aromatic N) is 2. The van der Waals surface area contributed by atoms with Gasteiger partial charge in [-0.05, 0) is 24.6 Å². The van der Waals surface area contributed by atoms with Crippen molar-refractivity contribution in [1.82, 2.24) is 15.1 Å². The molecule has 0 radical (unpaired) electrons. The lowest BCUT2D eigenvalue weighted by Crippen LogP contribution is -2.20. The minimum absolute atomic E-state index is 0.306. The maximum atomic E-state index is 4.15. The van der Waals surface area contributed by atoms with Gasteiger partial charge in [-0.2, -0.15) is 5.10 Å². The molecule has 0 aliphatic carbocycles. The Labute approximate surface area is 110 Å². The summed E-state index contributed by atoms with van der Waals surface area (Å²) in [6.45, 7) is 2.98. The SMILES string of the molecule is C[C@H](NCc1ccnn1C)c1ccccc1Br. The van der Waals surface area contributed by atoms with Gasteiger partial charge in [0, 0.05) is 30.3 Å². The molecule has 17 heavy (non-hydrogen) atoms. The third kappa shape index (κ3) is 2.96. The number of hydrogen-bond donors (Lipinski definition) is 1. The van der Waals surface area contributed by atoms with Crippen LogP contribution in [0, 0.1) is 0 Å². The normalized spacial score (nSPS) is 12.6. The molecule has 0 saturated carbocycles. The quantitative estimate of drug-likeness (QED) is 0.939. The Balaban J connectivity index is 2.01. The van der Waals surface area contributed by atoms with Crippen LogP contribution < -0.4 is 5.32 Å². The third-order valence-corrected chi connectivity index (χ3v) is 3.61. The van der Waals surface area contributed by atoms with Crippen molar-refractivity contribution in [2.45, 2.75) is 19.5 Å². The van der Waals surface area contributed by atoms with Gasteiger partial charge in [0.15, 0.2) is 0 Å². The van der Waals surface area contributed by atoms with E-state index in [4.69, 9.17) is 0 Å². The molecule has 0 bridgehead atoms. The van der Waals surface area contributed by atoms with Crippen LogP contribution in [0.5, 0.6) is 0 Å². The smallest absolute Gasteiger partial charge is 0.0518 e. The fourth-order valence-corrected chi connectivity index (χ4v) is 2.40. The van der Waals surface area contributed by atoms with Crippen molar-refractivity contribution in [3.8, 4) is 0 Å². The van der Waals surface area contributed by atoms with Crippen LogP contribution in [0.2, 0.25) is 0 Å². The highest BCUT2D eigenvalue weighted by Crippen LogP contribution is 2.22. The second-order valence-electron chi connectivity index (χ2n) is 4.07. The average molecular weight is 294 g/mol. The lowest BCUT2D eigenvalue weighted by molar-refractivity contribution is 0.547. The Morgan fingerprint density at radius 1 is 1.35 bits per heavy atom. The van der Waals surface area contributed by atoms with E-state index in [-0.39, 0.29) is 0 Å². The maximum absolute atomic E-state index is 4.15. The number of halogens is 1. The largest absolute Gasteiger partial charge is 0.305 e. The monoisotopic (exact) mass is 293 g/mol. The maximum Gasteiger partial charge on any atom is 0.0518 e. The fraction of sp³-hybridized carbons (Fsp3) is 0.308. The standard InChI is InChI=1S/C13H16BrN3/c1-10(12-5-3-4-6-13(12)14)15-9-11-7-8-16-17(11)2/h3-8,10,15H,9H2,1-2H3/t10-/m0/s1. The van der Waals surface area contributed by atoms with Crippen LogP contribution in [-0.2, 0) is 13.6 Å². The number of aromatic nitrogens is 2. The summed E-state index contributed by atoms with van der Waals surface area (Å²) in [5.74, 6) is 0. The molecule has 1 atom stereocenters. The summed E-state index contributed by atoms with van der Waals surface area (Å²) < 4.78 is 3.03. The Morgan fingerprint density at radius 3 is 2.76 bits per heavy atom. The van der Waals surface area contributed by atoms with Gasteiger partial charge in [0.25, 0.3) is 0 Å². The molecular weight excluding hydrogens is 278 g/mol. The molecule has 3 nitrogen and oxygen atoms in total. The first kappa shape index (κ1) is 12.3. The van der Waals surface area contributed by atoms with Crippen LogP contribution in [-0.4, -0.2) is 9.78 Å². The lowest BCUT2D eigenvalue weighted by Gasteiger charge is -2.15. The van der Waals surface area contributed by atoms with E-state index in [2.05, 4.69) is 51.5 Å². The van der Waals surface area contributed by atoms with Gasteiger partial charge in [-0.1, -0.05) is 34.1 Å². The summed E-state index contributed by atoms with van der Waals surface area (Å²) in [5, 5.41) is 7.64. The molecular formula is C13H16BrN3. The van der Waals surface area contributed by atoms with Gasteiger partial charge in [-0.3, -0.25) is 4.68 Å². The molecule has 90 valence electrons. The summed E-state index contributed by atoms with van der Waals surface area (Å²) >= 11 is 3.57. The zero-order chi connectivity index (χ0) is 12.3. The lowest BCUT2D eigenvalue weighted by atomic mass is 10.1. The van der Waals surface area contributed by atoms with E-state index in [1.165, 1.54) is 11.3 Å². The average Bonchev–Trinajstić information content (AvgIpc) is 2.72.